The van der Waals surface area contributed by atoms with Crippen LogP contribution < -0.4 is 5.32 Å². The SMILES string of the molecule is CC1(C)CCCN1C(=O)NCCc1cccc(C(=O)O)c1. The fourth-order valence-corrected chi connectivity index (χ4v) is 2.75. The first-order valence-electron chi connectivity index (χ1n) is 7.28. The molecule has 1 fully saturated rings. The summed E-state index contributed by atoms with van der Waals surface area (Å²) in [7, 11) is 0. The number of carbonyl (C=O) groups is 2. The van der Waals surface area contributed by atoms with E-state index in [1.165, 1.54) is 0 Å². The lowest BCUT2D eigenvalue weighted by Crippen LogP contribution is -2.48. The monoisotopic (exact) mass is 290 g/mol. The lowest BCUT2D eigenvalue weighted by Gasteiger charge is -2.31. The van der Waals surface area contributed by atoms with Gasteiger partial charge in [0.1, 0.15) is 0 Å². The molecule has 0 spiro atoms. The number of urea groups is 1. The first-order chi connectivity index (χ1) is 9.90. The number of rotatable bonds is 4. The number of benzene rings is 1. The topological polar surface area (TPSA) is 69.6 Å². The maximum Gasteiger partial charge on any atom is 0.335 e. The summed E-state index contributed by atoms with van der Waals surface area (Å²) in [5.41, 5.74) is 1.11. The van der Waals surface area contributed by atoms with Crippen molar-refractivity contribution in [3.05, 3.63) is 35.4 Å². The molecule has 0 bridgehead atoms. The molecule has 1 heterocycles. The number of nitrogens with zero attached hydrogens (tertiary/aromatic N) is 1. The standard InChI is InChI=1S/C16H22N2O3/c1-16(2)8-4-10-18(16)15(21)17-9-7-12-5-3-6-13(11-12)14(19)20/h3,5-6,11H,4,7-10H2,1-2H3,(H,17,21)(H,19,20). The average molecular weight is 290 g/mol. The van der Waals surface area contributed by atoms with E-state index in [0.717, 1.165) is 24.9 Å². The highest BCUT2D eigenvalue weighted by Gasteiger charge is 2.35. The second-order valence-electron chi connectivity index (χ2n) is 6.06. The second-order valence-corrected chi connectivity index (χ2v) is 6.06. The minimum absolute atomic E-state index is 0.0353. The summed E-state index contributed by atoms with van der Waals surface area (Å²) < 4.78 is 0. The Hall–Kier alpha value is -2.04. The third-order valence-corrected chi connectivity index (χ3v) is 4.01. The molecule has 1 aliphatic rings. The maximum absolute atomic E-state index is 12.1. The van der Waals surface area contributed by atoms with E-state index in [9.17, 15) is 9.59 Å². The summed E-state index contributed by atoms with van der Waals surface area (Å²) in [6, 6.07) is 6.78. The zero-order valence-electron chi connectivity index (χ0n) is 12.6. The van der Waals surface area contributed by atoms with Crippen LogP contribution in [0.5, 0.6) is 0 Å². The second kappa shape index (κ2) is 6.16. The molecule has 1 aliphatic heterocycles. The van der Waals surface area contributed by atoms with Crippen molar-refractivity contribution >= 4 is 12.0 Å². The molecule has 2 N–H and O–H groups in total. The van der Waals surface area contributed by atoms with Gasteiger partial charge in [-0.05, 0) is 50.8 Å². The van der Waals surface area contributed by atoms with Crippen LogP contribution in [0.25, 0.3) is 0 Å². The summed E-state index contributed by atoms with van der Waals surface area (Å²) in [6.45, 7) is 5.47. The molecular weight excluding hydrogens is 268 g/mol. The van der Waals surface area contributed by atoms with Crippen molar-refractivity contribution in [1.29, 1.82) is 0 Å². The highest BCUT2D eigenvalue weighted by Crippen LogP contribution is 2.27. The Morgan fingerprint density at radius 3 is 2.76 bits per heavy atom. The van der Waals surface area contributed by atoms with E-state index in [1.54, 1.807) is 18.2 Å². The highest BCUT2D eigenvalue weighted by molar-refractivity contribution is 5.87. The van der Waals surface area contributed by atoms with Crippen LogP contribution in [0, 0.1) is 0 Å². The van der Waals surface area contributed by atoms with Gasteiger partial charge >= 0.3 is 12.0 Å². The molecule has 1 saturated heterocycles. The van der Waals surface area contributed by atoms with E-state index in [1.807, 2.05) is 11.0 Å². The zero-order valence-corrected chi connectivity index (χ0v) is 12.6. The number of aromatic carboxylic acids is 1. The number of hydrogen-bond donors (Lipinski definition) is 2. The molecule has 0 atom stereocenters. The van der Waals surface area contributed by atoms with Gasteiger partial charge in [-0.15, -0.1) is 0 Å². The molecule has 0 saturated carbocycles. The molecule has 21 heavy (non-hydrogen) atoms. The predicted octanol–water partition coefficient (Wildman–Crippen LogP) is 2.51. The van der Waals surface area contributed by atoms with Crippen LogP contribution in [0.3, 0.4) is 0 Å². The van der Waals surface area contributed by atoms with Crippen molar-refractivity contribution in [2.75, 3.05) is 13.1 Å². The third kappa shape index (κ3) is 3.74. The molecule has 0 aromatic heterocycles. The lowest BCUT2D eigenvalue weighted by atomic mass is 10.0. The first-order valence-corrected chi connectivity index (χ1v) is 7.28. The summed E-state index contributed by atoms with van der Waals surface area (Å²) in [5, 5.41) is 11.9. The van der Waals surface area contributed by atoms with Crippen LogP contribution in [-0.4, -0.2) is 40.6 Å². The largest absolute Gasteiger partial charge is 0.478 e. The van der Waals surface area contributed by atoms with Crippen LogP contribution >= 0.6 is 0 Å². The summed E-state index contributed by atoms with van der Waals surface area (Å²) in [4.78, 5) is 24.9. The molecule has 0 unspecified atom stereocenters. The van der Waals surface area contributed by atoms with Gasteiger partial charge in [0, 0.05) is 18.6 Å². The average Bonchev–Trinajstić information content (AvgIpc) is 2.78. The van der Waals surface area contributed by atoms with Crippen LogP contribution in [0.15, 0.2) is 24.3 Å². The molecule has 2 rings (SSSR count). The minimum atomic E-state index is -0.931. The van der Waals surface area contributed by atoms with Crippen LogP contribution in [0.4, 0.5) is 4.79 Å². The van der Waals surface area contributed by atoms with E-state index in [0.29, 0.717) is 13.0 Å². The van der Waals surface area contributed by atoms with Crippen LogP contribution in [0.1, 0.15) is 42.6 Å². The number of nitrogens with one attached hydrogen (secondary N) is 1. The molecular formula is C16H22N2O3. The van der Waals surface area contributed by atoms with Crippen molar-refractivity contribution < 1.29 is 14.7 Å². The predicted molar refractivity (Wildman–Crippen MR) is 80.5 cm³/mol. The van der Waals surface area contributed by atoms with Gasteiger partial charge in [-0.2, -0.15) is 0 Å². The fourth-order valence-electron chi connectivity index (χ4n) is 2.75. The van der Waals surface area contributed by atoms with E-state index < -0.39 is 5.97 Å². The van der Waals surface area contributed by atoms with E-state index in [-0.39, 0.29) is 17.1 Å². The van der Waals surface area contributed by atoms with Gasteiger partial charge in [-0.3, -0.25) is 0 Å². The van der Waals surface area contributed by atoms with Gasteiger partial charge in [0.2, 0.25) is 0 Å². The number of carboxylic acids is 1. The van der Waals surface area contributed by atoms with Crippen molar-refractivity contribution in [3.63, 3.8) is 0 Å². The highest BCUT2D eigenvalue weighted by atomic mass is 16.4. The Labute approximate surface area is 125 Å². The van der Waals surface area contributed by atoms with Gasteiger partial charge in [0.05, 0.1) is 5.56 Å². The van der Waals surface area contributed by atoms with Crippen molar-refractivity contribution in [1.82, 2.24) is 10.2 Å². The number of carbonyl (C=O) groups excluding carboxylic acids is 1. The van der Waals surface area contributed by atoms with Crippen molar-refractivity contribution in [2.24, 2.45) is 0 Å². The summed E-state index contributed by atoms with van der Waals surface area (Å²) in [5.74, 6) is -0.931. The van der Waals surface area contributed by atoms with Gasteiger partial charge in [0.15, 0.2) is 0 Å². The summed E-state index contributed by atoms with van der Waals surface area (Å²) in [6.07, 6.45) is 2.70. The summed E-state index contributed by atoms with van der Waals surface area (Å²) >= 11 is 0. The van der Waals surface area contributed by atoms with E-state index in [2.05, 4.69) is 19.2 Å². The van der Waals surface area contributed by atoms with Gasteiger partial charge in [-0.1, -0.05) is 12.1 Å². The molecule has 0 radical (unpaired) electrons. The Kier molecular flexibility index (Phi) is 4.50. The van der Waals surface area contributed by atoms with Gasteiger partial charge in [0.25, 0.3) is 0 Å². The number of amides is 2. The molecule has 5 nitrogen and oxygen atoms in total. The zero-order chi connectivity index (χ0) is 15.5. The first kappa shape index (κ1) is 15.4. The molecule has 2 amide bonds. The van der Waals surface area contributed by atoms with Crippen LogP contribution in [-0.2, 0) is 6.42 Å². The number of hydrogen-bond acceptors (Lipinski definition) is 2. The Bertz CT molecular complexity index is 540. The number of likely N-dealkylation sites (tertiary alicyclic amines) is 1. The lowest BCUT2D eigenvalue weighted by molar-refractivity contribution is 0.0696. The molecule has 1 aromatic rings. The van der Waals surface area contributed by atoms with E-state index >= 15 is 0 Å². The fraction of sp³-hybridized carbons (Fsp3) is 0.500. The Morgan fingerprint density at radius 1 is 1.38 bits per heavy atom. The number of carboxylic acid groups (broad SMARTS) is 1. The minimum Gasteiger partial charge on any atom is -0.478 e. The van der Waals surface area contributed by atoms with Crippen molar-refractivity contribution in [3.8, 4) is 0 Å². The molecule has 5 heteroatoms. The van der Waals surface area contributed by atoms with Gasteiger partial charge in [-0.25, -0.2) is 9.59 Å². The third-order valence-electron chi connectivity index (χ3n) is 4.01. The van der Waals surface area contributed by atoms with Crippen molar-refractivity contribution in [2.45, 2.75) is 38.6 Å². The molecule has 1 aromatic carbocycles. The molecule has 0 aliphatic carbocycles. The Morgan fingerprint density at radius 2 is 2.14 bits per heavy atom. The molecule has 114 valence electrons. The van der Waals surface area contributed by atoms with Gasteiger partial charge < -0.3 is 15.3 Å². The van der Waals surface area contributed by atoms with E-state index in [4.69, 9.17) is 5.11 Å². The van der Waals surface area contributed by atoms with Crippen LogP contribution in [0.2, 0.25) is 0 Å². The normalized spacial score (nSPS) is 16.8. The maximum atomic E-state index is 12.1. The quantitative estimate of drug-likeness (QED) is 0.895. The smallest absolute Gasteiger partial charge is 0.335 e. The Balaban J connectivity index is 1.85.